The first-order valence-electron chi connectivity index (χ1n) is 5.23. The summed E-state index contributed by atoms with van der Waals surface area (Å²) in [5, 5.41) is 0. The maximum atomic E-state index is 11.0. The molecular formula is C12H12O5. The Hall–Kier alpha value is -2.04. The van der Waals surface area contributed by atoms with Crippen molar-refractivity contribution in [2.75, 3.05) is 6.61 Å². The van der Waals surface area contributed by atoms with Crippen molar-refractivity contribution in [3.8, 4) is 17.2 Å². The van der Waals surface area contributed by atoms with Crippen molar-refractivity contribution in [1.29, 1.82) is 0 Å². The van der Waals surface area contributed by atoms with Crippen LogP contribution in [0.2, 0.25) is 0 Å². The number of hydrogen-bond acceptors (Lipinski definition) is 5. The van der Waals surface area contributed by atoms with E-state index in [9.17, 15) is 9.59 Å². The van der Waals surface area contributed by atoms with Crippen molar-refractivity contribution in [3.05, 3.63) is 17.7 Å². The van der Waals surface area contributed by atoms with Crippen LogP contribution < -0.4 is 14.2 Å². The Morgan fingerprint density at radius 2 is 1.88 bits per heavy atom. The highest BCUT2D eigenvalue weighted by Crippen LogP contribution is 2.38. The molecule has 0 saturated carbocycles. The Balaban J connectivity index is 2.38. The molecule has 1 aromatic carbocycles. The van der Waals surface area contributed by atoms with Crippen molar-refractivity contribution >= 4 is 11.9 Å². The molecule has 0 bridgehead atoms. The van der Waals surface area contributed by atoms with Crippen LogP contribution in [0.4, 0.5) is 0 Å². The summed E-state index contributed by atoms with van der Waals surface area (Å²) in [6, 6.07) is 3.15. The standard InChI is InChI=1S/C12H12O5/c1-7(13)16-9-5-11-10(3-4-15-11)12(6-9)17-8(2)14/h5-6H,3-4H2,1-2H3. The summed E-state index contributed by atoms with van der Waals surface area (Å²) in [5.41, 5.74) is 0.830. The Bertz CT molecular complexity index is 478. The molecule has 0 fully saturated rings. The van der Waals surface area contributed by atoms with Gasteiger partial charge >= 0.3 is 11.9 Å². The maximum Gasteiger partial charge on any atom is 0.308 e. The molecule has 0 saturated heterocycles. The summed E-state index contributed by atoms with van der Waals surface area (Å²) in [6.07, 6.45) is 0.679. The summed E-state index contributed by atoms with van der Waals surface area (Å²) in [5.74, 6) is 0.453. The van der Waals surface area contributed by atoms with Gasteiger partial charge in [0.05, 0.1) is 6.61 Å². The predicted molar refractivity (Wildman–Crippen MR) is 58.3 cm³/mol. The fourth-order valence-electron chi connectivity index (χ4n) is 1.70. The second-order valence-electron chi connectivity index (χ2n) is 3.68. The van der Waals surface area contributed by atoms with Gasteiger partial charge < -0.3 is 14.2 Å². The number of carbonyl (C=O) groups excluding carboxylic acids is 2. The molecule has 0 radical (unpaired) electrons. The van der Waals surface area contributed by atoms with Gasteiger partial charge in [-0.2, -0.15) is 0 Å². The first-order chi connectivity index (χ1) is 8.06. The van der Waals surface area contributed by atoms with Crippen LogP contribution in [0.25, 0.3) is 0 Å². The van der Waals surface area contributed by atoms with Gasteiger partial charge in [-0.3, -0.25) is 9.59 Å². The van der Waals surface area contributed by atoms with Crippen molar-refractivity contribution in [2.24, 2.45) is 0 Å². The van der Waals surface area contributed by atoms with Crippen LogP contribution in [-0.2, 0) is 16.0 Å². The summed E-state index contributed by atoms with van der Waals surface area (Å²) < 4.78 is 15.4. The molecule has 5 heteroatoms. The maximum absolute atomic E-state index is 11.0. The molecule has 0 amide bonds. The third kappa shape index (κ3) is 2.55. The van der Waals surface area contributed by atoms with E-state index in [1.165, 1.54) is 19.9 Å². The van der Waals surface area contributed by atoms with Gasteiger partial charge in [-0.25, -0.2) is 0 Å². The van der Waals surface area contributed by atoms with Gasteiger partial charge in [0.15, 0.2) is 0 Å². The van der Waals surface area contributed by atoms with Gasteiger partial charge in [0.2, 0.25) is 0 Å². The zero-order valence-corrected chi connectivity index (χ0v) is 9.61. The summed E-state index contributed by atoms with van der Waals surface area (Å²) in [6.45, 7) is 3.16. The minimum atomic E-state index is -0.434. The molecular weight excluding hydrogens is 224 g/mol. The molecule has 90 valence electrons. The van der Waals surface area contributed by atoms with Gasteiger partial charge in [0.25, 0.3) is 0 Å². The quantitative estimate of drug-likeness (QED) is 0.574. The van der Waals surface area contributed by atoms with Crippen molar-refractivity contribution in [2.45, 2.75) is 20.3 Å². The molecule has 0 atom stereocenters. The molecule has 0 N–H and O–H groups in total. The molecule has 0 aromatic heterocycles. The van der Waals surface area contributed by atoms with Crippen molar-refractivity contribution in [3.63, 3.8) is 0 Å². The number of hydrogen-bond donors (Lipinski definition) is 0. The Morgan fingerprint density at radius 3 is 2.53 bits per heavy atom. The van der Waals surface area contributed by atoms with Crippen LogP contribution in [-0.4, -0.2) is 18.5 Å². The lowest BCUT2D eigenvalue weighted by atomic mass is 10.1. The van der Waals surface area contributed by atoms with Crippen LogP contribution in [0.15, 0.2) is 12.1 Å². The minimum absolute atomic E-state index is 0.314. The Morgan fingerprint density at radius 1 is 1.18 bits per heavy atom. The highest BCUT2D eigenvalue weighted by Gasteiger charge is 2.20. The van der Waals surface area contributed by atoms with E-state index in [1.54, 1.807) is 6.07 Å². The van der Waals surface area contributed by atoms with Gasteiger partial charge in [-0.15, -0.1) is 0 Å². The average molecular weight is 236 g/mol. The zero-order valence-electron chi connectivity index (χ0n) is 9.61. The number of carbonyl (C=O) groups is 2. The molecule has 17 heavy (non-hydrogen) atoms. The third-order valence-corrected chi connectivity index (χ3v) is 2.27. The van der Waals surface area contributed by atoms with Crippen LogP contribution >= 0.6 is 0 Å². The first kappa shape index (κ1) is 11.4. The van der Waals surface area contributed by atoms with Crippen LogP contribution in [0, 0.1) is 0 Å². The van der Waals surface area contributed by atoms with E-state index >= 15 is 0 Å². The van der Waals surface area contributed by atoms with E-state index < -0.39 is 11.9 Å². The van der Waals surface area contributed by atoms with Crippen molar-refractivity contribution in [1.82, 2.24) is 0 Å². The van der Waals surface area contributed by atoms with Gasteiger partial charge in [0, 0.05) is 38.0 Å². The number of rotatable bonds is 2. The fraction of sp³-hybridized carbons (Fsp3) is 0.333. The Labute approximate surface area is 98.3 Å². The summed E-state index contributed by atoms with van der Waals surface area (Å²) in [7, 11) is 0. The normalized spacial score (nSPS) is 12.6. The van der Waals surface area contributed by atoms with E-state index in [1.807, 2.05) is 0 Å². The second kappa shape index (κ2) is 4.45. The minimum Gasteiger partial charge on any atom is -0.493 e. The molecule has 5 nitrogen and oxygen atoms in total. The van der Waals surface area contributed by atoms with E-state index in [2.05, 4.69) is 0 Å². The van der Waals surface area contributed by atoms with Gasteiger partial charge in [-0.1, -0.05) is 0 Å². The lowest BCUT2D eigenvalue weighted by molar-refractivity contribution is -0.132. The van der Waals surface area contributed by atoms with E-state index in [4.69, 9.17) is 14.2 Å². The Kier molecular flexibility index (Phi) is 2.99. The van der Waals surface area contributed by atoms with Crippen molar-refractivity contribution < 1.29 is 23.8 Å². The molecule has 1 heterocycles. The molecule has 0 spiro atoms. The van der Waals surface area contributed by atoms with Crippen LogP contribution in [0.5, 0.6) is 17.2 Å². The second-order valence-corrected chi connectivity index (χ2v) is 3.68. The van der Waals surface area contributed by atoms with Crippen LogP contribution in [0.3, 0.4) is 0 Å². The number of esters is 2. The van der Waals surface area contributed by atoms with E-state index in [0.717, 1.165) is 5.56 Å². The fourth-order valence-corrected chi connectivity index (χ4v) is 1.70. The largest absolute Gasteiger partial charge is 0.493 e. The summed E-state index contributed by atoms with van der Waals surface area (Å²) >= 11 is 0. The topological polar surface area (TPSA) is 61.8 Å². The molecule has 1 aliphatic rings. The lowest BCUT2D eigenvalue weighted by Gasteiger charge is -2.09. The molecule has 1 aromatic rings. The van der Waals surface area contributed by atoms with Crippen LogP contribution in [0.1, 0.15) is 19.4 Å². The predicted octanol–water partition coefficient (Wildman–Crippen LogP) is 1.47. The smallest absolute Gasteiger partial charge is 0.308 e. The number of ether oxygens (including phenoxy) is 3. The lowest BCUT2D eigenvalue weighted by Crippen LogP contribution is -2.05. The van der Waals surface area contributed by atoms with Gasteiger partial charge in [-0.05, 0) is 0 Å². The highest BCUT2D eigenvalue weighted by molar-refractivity contribution is 5.73. The molecule has 1 aliphatic heterocycles. The number of benzene rings is 1. The van der Waals surface area contributed by atoms with Gasteiger partial charge in [0.1, 0.15) is 17.2 Å². The third-order valence-electron chi connectivity index (χ3n) is 2.27. The molecule has 0 unspecified atom stereocenters. The highest BCUT2D eigenvalue weighted by atomic mass is 16.5. The van der Waals surface area contributed by atoms with E-state index in [0.29, 0.717) is 30.3 Å². The average Bonchev–Trinajstić information content (AvgIpc) is 2.63. The molecule has 0 aliphatic carbocycles. The number of fused-ring (bicyclic) bond motifs is 1. The SMILES string of the molecule is CC(=O)Oc1cc2c(c(OC(C)=O)c1)CCO2. The zero-order chi connectivity index (χ0) is 12.4. The molecule has 2 rings (SSSR count). The summed E-state index contributed by atoms with van der Waals surface area (Å²) in [4.78, 5) is 21.9. The monoisotopic (exact) mass is 236 g/mol. The van der Waals surface area contributed by atoms with E-state index in [-0.39, 0.29) is 0 Å². The first-order valence-corrected chi connectivity index (χ1v) is 5.23.